The molecule has 1 aromatic rings. The zero-order valence-electron chi connectivity index (χ0n) is 9.95. The smallest absolute Gasteiger partial charge is 0.282 e. The molecule has 0 bridgehead atoms. The number of nitrogens with one attached hydrogen (secondary N) is 1. The number of rotatable bonds is 4. The number of likely N-dealkylation sites (tertiary alicyclic amines) is 1. The summed E-state index contributed by atoms with van der Waals surface area (Å²) in [5.41, 5.74) is 0.656. The number of hydrogen-bond acceptors (Lipinski definition) is 4. The number of anilines is 1. The number of nitrogens with zero attached hydrogens (tertiary/aromatic N) is 3. The Labute approximate surface area is 109 Å². The van der Waals surface area contributed by atoms with E-state index in [0.29, 0.717) is 4.47 Å². The van der Waals surface area contributed by atoms with Gasteiger partial charge in [-0.2, -0.15) is 5.10 Å². The highest BCUT2D eigenvalue weighted by molar-refractivity contribution is 9.10. The summed E-state index contributed by atoms with van der Waals surface area (Å²) in [6.45, 7) is 4.24. The second-order valence-electron chi connectivity index (χ2n) is 4.28. The van der Waals surface area contributed by atoms with E-state index in [9.17, 15) is 4.79 Å². The van der Waals surface area contributed by atoms with Gasteiger partial charge in [0.1, 0.15) is 4.47 Å². The van der Waals surface area contributed by atoms with Crippen molar-refractivity contribution in [2.24, 2.45) is 7.05 Å². The molecule has 1 saturated heterocycles. The second kappa shape index (κ2) is 5.64. The summed E-state index contributed by atoms with van der Waals surface area (Å²) in [4.78, 5) is 14.0. The first kappa shape index (κ1) is 12.6. The van der Waals surface area contributed by atoms with Gasteiger partial charge in [0, 0.05) is 20.1 Å². The Balaban J connectivity index is 1.90. The Kier molecular flexibility index (Phi) is 4.17. The molecule has 0 unspecified atom stereocenters. The minimum atomic E-state index is -0.115. The van der Waals surface area contributed by atoms with E-state index in [0.717, 1.165) is 18.8 Å². The molecular weight excluding hydrogens is 284 g/mol. The molecule has 0 aromatic carbocycles. The summed E-state index contributed by atoms with van der Waals surface area (Å²) >= 11 is 3.30. The van der Waals surface area contributed by atoms with Gasteiger partial charge in [-0.1, -0.05) is 0 Å². The molecule has 0 radical (unpaired) electrons. The predicted molar refractivity (Wildman–Crippen MR) is 71.3 cm³/mol. The topological polar surface area (TPSA) is 50.2 Å². The van der Waals surface area contributed by atoms with E-state index < -0.39 is 0 Å². The Morgan fingerprint density at radius 1 is 1.47 bits per heavy atom. The Bertz CT molecular complexity index is 440. The third-order valence-corrected chi connectivity index (χ3v) is 3.79. The normalized spacial score (nSPS) is 16.4. The van der Waals surface area contributed by atoms with Crippen LogP contribution >= 0.6 is 15.9 Å². The standard InChI is InChI=1S/C11H17BrN4O/c1-15-11(17)10(12)9(8-14-15)13-4-7-16-5-2-3-6-16/h8,13H,2-7H2,1H3. The minimum Gasteiger partial charge on any atom is -0.381 e. The van der Waals surface area contributed by atoms with E-state index >= 15 is 0 Å². The quantitative estimate of drug-likeness (QED) is 0.903. The fourth-order valence-corrected chi connectivity index (χ4v) is 2.49. The highest BCUT2D eigenvalue weighted by Crippen LogP contribution is 2.15. The summed E-state index contributed by atoms with van der Waals surface area (Å²) in [7, 11) is 1.64. The lowest BCUT2D eigenvalue weighted by Crippen LogP contribution is -2.27. The van der Waals surface area contributed by atoms with Crippen LogP contribution in [0.15, 0.2) is 15.5 Å². The van der Waals surface area contributed by atoms with E-state index in [1.54, 1.807) is 13.2 Å². The summed E-state index contributed by atoms with van der Waals surface area (Å²) in [5.74, 6) is 0. The van der Waals surface area contributed by atoms with Crippen molar-refractivity contribution in [1.29, 1.82) is 0 Å². The van der Waals surface area contributed by atoms with Crippen molar-refractivity contribution in [3.63, 3.8) is 0 Å². The highest BCUT2D eigenvalue weighted by Gasteiger charge is 2.11. The van der Waals surface area contributed by atoms with Gasteiger partial charge in [0.15, 0.2) is 0 Å². The monoisotopic (exact) mass is 300 g/mol. The zero-order valence-corrected chi connectivity index (χ0v) is 11.5. The van der Waals surface area contributed by atoms with Crippen LogP contribution in [0.25, 0.3) is 0 Å². The molecule has 5 nitrogen and oxygen atoms in total. The third kappa shape index (κ3) is 3.07. The first-order valence-corrected chi connectivity index (χ1v) is 6.66. The summed E-state index contributed by atoms with van der Waals surface area (Å²) in [5, 5.41) is 7.23. The Morgan fingerprint density at radius 3 is 2.88 bits per heavy atom. The first-order valence-electron chi connectivity index (χ1n) is 5.86. The lowest BCUT2D eigenvalue weighted by molar-refractivity contribution is 0.352. The van der Waals surface area contributed by atoms with Gasteiger partial charge in [0.2, 0.25) is 0 Å². The Hall–Kier alpha value is -0.880. The fourth-order valence-electron chi connectivity index (χ4n) is 1.99. The maximum absolute atomic E-state index is 11.6. The molecule has 0 atom stereocenters. The van der Waals surface area contributed by atoms with Crippen molar-refractivity contribution >= 4 is 21.6 Å². The molecule has 6 heteroatoms. The molecule has 0 aliphatic carbocycles. The van der Waals surface area contributed by atoms with Gasteiger partial charge in [0.25, 0.3) is 5.56 Å². The van der Waals surface area contributed by atoms with E-state index in [2.05, 4.69) is 31.2 Å². The van der Waals surface area contributed by atoms with E-state index in [1.807, 2.05) is 0 Å². The van der Waals surface area contributed by atoms with E-state index in [-0.39, 0.29) is 5.56 Å². The minimum absolute atomic E-state index is 0.115. The summed E-state index contributed by atoms with van der Waals surface area (Å²) < 4.78 is 1.87. The van der Waals surface area contributed by atoms with Crippen molar-refractivity contribution in [1.82, 2.24) is 14.7 Å². The molecule has 1 fully saturated rings. The molecule has 1 aliphatic rings. The molecule has 2 heterocycles. The average Bonchev–Trinajstić information content (AvgIpc) is 2.82. The van der Waals surface area contributed by atoms with Crippen LogP contribution in [0, 0.1) is 0 Å². The first-order chi connectivity index (χ1) is 8.18. The third-order valence-electron chi connectivity index (χ3n) is 3.02. The van der Waals surface area contributed by atoms with Crippen molar-refractivity contribution in [3.8, 4) is 0 Å². The van der Waals surface area contributed by atoms with Gasteiger partial charge in [-0.25, -0.2) is 4.68 Å². The highest BCUT2D eigenvalue weighted by atomic mass is 79.9. The zero-order chi connectivity index (χ0) is 12.3. The molecule has 1 aliphatic heterocycles. The molecule has 1 N–H and O–H groups in total. The van der Waals surface area contributed by atoms with Crippen LogP contribution in [0.3, 0.4) is 0 Å². The van der Waals surface area contributed by atoms with Crippen molar-refractivity contribution in [3.05, 3.63) is 21.0 Å². The van der Waals surface area contributed by atoms with Crippen LogP contribution in [0.5, 0.6) is 0 Å². The number of aryl methyl sites for hydroxylation is 1. The number of halogens is 1. The largest absolute Gasteiger partial charge is 0.381 e. The fraction of sp³-hybridized carbons (Fsp3) is 0.636. The van der Waals surface area contributed by atoms with Gasteiger partial charge in [-0.3, -0.25) is 4.79 Å². The van der Waals surface area contributed by atoms with Crippen LogP contribution in [0.2, 0.25) is 0 Å². The number of hydrogen-bond donors (Lipinski definition) is 1. The predicted octanol–water partition coefficient (Wildman–Crippen LogP) is 1.05. The van der Waals surface area contributed by atoms with E-state index in [4.69, 9.17) is 0 Å². The maximum Gasteiger partial charge on any atom is 0.282 e. The average molecular weight is 301 g/mol. The molecule has 0 amide bonds. The van der Waals surface area contributed by atoms with Gasteiger partial charge in [-0.15, -0.1) is 0 Å². The lowest BCUT2D eigenvalue weighted by Gasteiger charge is -2.15. The lowest BCUT2D eigenvalue weighted by atomic mass is 10.4. The SMILES string of the molecule is Cn1ncc(NCCN2CCCC2)c(Br)c1=O. The molecule has 1 aromatic heterocycles. The van der Waals surface area contributed by atoms with Crippen LogP contribution in [0.4, 0.5) is 5.69 Å². The van der Waals surface area contributed by atoms with Crippen LogP contribution in [0.1, 0.15) is 12.8 Å². The summed E-state index contributed by atoms with van der Waals surface area (Å²) in [6.07, 6.45) is 4.28. The van der Waals surface area contributed by atoms with E-state index in [1.165, 1.54) is 30.6 Å². The van der Waals surface area contributed by atoms with Crippen LogP contribution in [-0.2, 0) is 7.05 Å². The van der Waals surface area contributed by atoms with Gasteiger partial charge in [0.05, 0.1) is 11.9 Å². The molecular formula is C11H17BrN4O. The second-order valence-corrected chi connectivity index (χ2v) is 5.07. The van der Waals surface area contributed by atoms with Crippen LogP contribution in [-0.4, -0.2) is 40.9 Å². The van der Waals surface area contributed by atoms with Gasteiger partial charge < -0.3 is 10.2 Å². The van der Waals surface area contributed by atoms with Crippen molar-refractivity contribution in [2.45, 2.75) is 12.8 Å². The molecule has 0 saturated carbocycles. The molecule has 17 heavy (non-hydrogen) atoms. The number of aromatic nitrogens is 2. The van der Waals surface area contributed by atoms with Crippen LogP contribution < -0.4 is 10.9 Å². The summed E-state index contributed by atoms with van der Waals surface area (Å²) in [6, 6.07) is 0. The Morgan fingerprint density at radius 2 is 2.18 bits per heavy atom. The molecule has 0 spiro atoms. The van der Waals surface area contributed by atoms with Gasteiger partial charge >= 0.3 is 0 Å². The van der Waals surface area contributed by atoms with Crippen molar-refractivity contribution < 1.29 is 0 Å². The molecule has 94 valence electrons. The van der Waals surface area contributed by atoms with Gasteiger partial charge in [-0.05, 0) is 41.9 Å². The molecule has 2 rings (SSSR count). The van der Waals surface area contributed by atoms with Crippen molar-refractivity contribution in [2.75, 3.05) is 31.5 Å². The maximum atomic E-state index is 11.6.